The molecule has 0 spiro atoms. The highest BCUT2D eigenvalue weighted by atomic mass is 32.3. The first-order valence-corrected chi connectivity index (χ1v) is 12.0. The van der Waals surface area contributed by atoms with Gasteiger partial charge in [-0.3, -0.25) is 0 Å². The van der Waals surface area contributed by atoms with Gasteiger partial charge in [0.2, 0.25) is 0 Å². The van der Waals surface area contributed by atoms with Gasteiger partial charge in [-0.1, -0.05) is 46.7 Å². The van der Waals surface area contributed by atoms with Crippen LogP contribution in [0.3, 0.4) is 0 Å². The second-order valence-corrected chi connectivity index (χ2v) is 12.2. The molecule has 5 heteroatoms. The van der Waals surface area contributed by atoms with E-state index < -0.39 is 10.3 Å². The number of hydrogen-bond acceptors (Lipinski definition) is 4. The lowest BCUT2D eigenvalue weighted by atomic mass is 10.1. The van der Waals surface area contributed by atoms with Gasteiger partial charge in [-0.25, -0.2) is 4.98 Å². The largest absolute Gasteiger partial charge is 0.397 e. The summed E-state index contributed by atoms with van der Waals surface area (Å²) >= 11 is 0. The Morgan fingerprint density at radius 1 is 0.900 bits per heavy atom. The topological polar surface area (TPSA) is 51.4 Å². The van der Waals surface area contributed by atoms with Gasteiger partial charge < -0.3 is 14.8 Å². The summed E-state index contributed by atoms with van der Waals surface area (Å²) in [6.45, 7) is 10.5. The second-order valence-electron chi connectivity index (χ2n) is 8.76. The van der Waals surface area contributed by atoms with Crippen molar-refractivity contribution in [2.45, 2.75) is 48.3 Å². The minimum Gasteiger partial charge on any atom is -0.397 e. The molecule has 4 rings (SSSR count). The van der Waals surface area contributed by atoms with Crippen molar-refractivity contribution in [2.75, 3.05) is 23.7 Å². The molecular weight excluding hydrogens is 390 g/mol. The number of aryl methyl sites for hydroxylation is 1. The molecule has 30 heavy (non-hydrogen) atoms. The third-order valence-electron chi connectivity index (χ3n) is 5.58. The molecule has 3 aromatic rings. The van der Waals surface area contributed by atoms with E-state index in [1.165, 1.54) is 9.79 Å². The van der Waals surface area contributed by atoms with Crippen molar-refractivity contribution in [3.8, 4) is 0 Å². The van der Waals surface area contributed by atoms with Crippen LogP contribution in [0.5, 0.6) is 0 Å². The van der Waals surface area contributed by atoms with E-state index in [9.17, 15) is 0 Å². The van der Waals surface area contributed by atoms with Gasteiger partial charge in [0.05, 0.1) is 11.4 Å². The molecule has 158 valence electrons. The minimum absolute atomic E-state index is 0.0633. The quantitative estimate of drug-likeness (QED) is 0.564. The molecule has 4 nitrogen and oxygen atoms in total. The Bertz CT molecular complexity index is 956. The first-order chi connectivity index (χ1) is 14.3. The van der Waals surface area contributed by atoms with Crippen LogP contribution >= 0.6 is 10.3 Å². The van der Waals surface area contributed by atoms with Crippen molar-refractivity contribution in [1.82, 2.24) is 4.98 Å². The highest BCUT2D eigenvalue weighted by molar-refractivity contribution is 8.31. The van der Waals surface area contributed by atoms with Gasteiger partial charge in [0.1, 0.15) is 11.9 Å². The van der Waals surface area contributed by atoms with Crippen LogP contribution < -0.4 is 10.6 Å². The Morgan fingerprint density at radius 3 is 1.90 bits per heavy atom. The summed E-state index contributed by atoms with van der Waals surface area (Å²) in [6.07, 6.45) is 0.152. The average molecular weight is 422 g/mol. The summed E-state index contributed by atoms with van der Waals surface area (Å²) in [5, 5.41) is 0. The number of pyridine rings is 1. The summed E-state index contributed by atoms with van der Waals surface area (Å²) in [6, 6.07) is 25.4. The number of nitrogen functional groups attached to an aromatic ring is 1. The maximum Gasteiger partial charge on any atom is 0.129 e. The van der Waals surface area contributed by atoms with Crippen molar-refractivity contribution in [3.63, 3.8) is 0 Å². The number of nitrogens with zero attached hydrogens (tertiary/aromatic N) is 2. The van der Waals surface area contributed by atoms with E-state index in [0.29, 0.717) is 0 Å². The van der Waals surface area contributed by atoms with Crippen LogP contribution in [-0.4, -0.2) is 28.9 Å². The van der Waals surface area contributed by atoms with Crippen LogP contribution in [0.15, 0.2) is 82.6 Å². The van der Waals surface area contributed by atoms with Crippen molar-refractivity contribution in [2.24, 2.45) is 0 Å². The molecule has 1 saturated heterocycles. The number of rotatable bonds is 5. The highest BCUT2D eigenvalue weighted by Gasteiger charge is 2.45. The fourth-order valence-corrected chi connectivity index (χ4v) is 7.76. The van der Waals surface area contributed by atoms with Crippen molar-refractivity contribution in [3.05, 3.63) is 78.5 Å². The van der Waals surface area contributed by atoms with Gasteiger partial charge in [-0.05, 0) is 64.1 Å². The standard InChI is InChI=1S/C25H31N3OS/c1-19-23(26)15-16-24(27-19)28-17-20(18-28)29-30(25(2,3)4,21-11-7-5-8-12-21)22-13-9-6-10-14-22/h5-16,20H,17-18,26H2,1-4H3. The molecule has 1 aliphatic heterocycles. The number of anilines is 2. The summed E-state index contributed by atoms with van der Waals surface area (Å²) in [5.74, 6) is 0.970. The minimum atomic E-state index is -1.72. The van der Waals surface area contributed by atoms with Crippen LogP contribution in [0.4, 0.5) is 11.5 Å². The molecule has 0 atom stereocenters. The van der Waals surface area contributed by atoms with Crippen molar-refractivity contribution < 1.29 is 4.18 Å². The fraction of sp³-hybridized carbons (Fsp3) is 0.320. The highest BCUT2D eigenvalue weighted by Crippen LogP contribution is 2.72. The maximum absolute atomic E-state index is 7.11. The number of hydrogen-bond donors (Lipinski definition) is 1. The predicted octanol–water partition coefficient (Wildman–Crippen LogP) is 5.81. The first-order valence-electron chi connectivity index (χ1n) is 10.4. The zero-order valence-electron chi connectivity index (χ0n) is 18.2. The van der Waals surface area contributed by atoms with Crippen LogP contribution in [0.25, 0.3) is 0 Å². The first kappa shape index (κ1) is 20.8. The molecule has 2 N–H and O–H groups in total. The Morgan fingerprint density at radius 2 is 1.43 bits per heavy atom. The molecule has 2 aromatic carbocycles. The van der Waals surface area contributed by atoms with E-state index in [1.54, 1.807) is 0 Å². The molecule has 0 saturated carbocycles. The predicted molar refractivity (Wildman–Crippen MR) is 127 cm³/mol. The molecule has 1 aliphatic rings. The molecule has 0 radical (unpaired) electrons. The van der Waals surface area contributed by atoms with Gasteiger partial charge in [0, 0.05) is 27.6 Å². The van der Waals surface area contributed by atoms with Crippen molar-refractivity contribution in [1.29, 1.82) is 0 Å². The van der Waals surface area contributed by atoms with Gasteiger partial charge in [0.15, 0.2) is 0 Å². The number of aromatic nitrogens is 1. The fourth-order valence-electron chi connectivity index (χ4n) is 3.95. The number of benzene rings is 2. The second kappa shape index (κ2) is 7.97. The van der Waals surface area contributed by atoms with E-state index in [2.05, 4.69) is 91.3 Å². The van der Waals surface area contributed by atoms with E-state index in [0.717, 1.165) is 30.3 Å². The molecular formula is C25H31N3OS. The average Bonchev–Trinajstić information content (AvgIpc) is 2.70. The molecule has 0 aliphatic carbocycles. The molecule has 0 bridgehead atoms. The zero-order chi connectivity index (χ0) is 21.4. The number of nitrogens with two attached hydrogens (primary N) is 1. The summed E-state index contributed by atoms with van der Waals surface area (Å²) < 4.78 is 7.04. The lowest BCUT2D eigenvalue weighted by molar-refractivity contribution is 0.184. The van der Waals surface area contributed by atoms with Crippen LogP contribution in [0.1, 0.15) is 26.5 Å². The van der Waals surface area contributed by atoms with Crippen LogP contribution in [0.2, 0.25) is 0 Å². The lowest BCUT2D eigenvalue weighted by Crippen LogP contribution is -2.53. The van der Waals surface area contributed by atoms with E-state index in [4.69, 9.17) is 9.92 Å². The van der Waals surface area contributed by atoms with E-state index >= 15 is 0 Å². The third kappa shape index (κ3) is 3.68. The molecule has 2 heterocycles. The Hall–Kier alpha value is -2.50. The maximum atomic E-state index is 7.11. The van der Waals surface area contributed by atoms with Crippen LogP contribution in [0, 0.1) is 6.92 Å². The SMILES string of the molecule is Cc1nc(N2CC(OS(c3ccccc3)(c3ccccc3)C(C)(C)C)C2)ccc1N. The molecule has 0 amide bonds. The summed E-state index contributed by atoms with van der Waals surface area (Å²) in [5.41, 5.74) is 7.54. The molecule has 1 fully saturated rings. The molecule has 0 unspecified atom stereocenters. The van der Waals surface area contributed by atoms with Crippen LogP contribution in [-0.2, 0) is 4.18 Å². The summed E-state index contributed by atoms with van der Waals surface area (Å²) in [7, 11) is -1.72. The van der Waals surface area contributed by atoms with E-state index in [1.807, 2.05) is 19.1 Å². The Kier molecular flexibility index (Phi) is 5.51. The zero-order valence-corrected chi connectivity index (χ0v) is 19.0. The molecule has 1 aromatic heterocycles. The van der Waals surface area contributed by atoms with E-state index in [-0.39, 0.29) is 10.9 Å². The van der Waals surface area contributed by atoms with Gasteiger partial charge in [-0.15, -0.1) is 0 Å². The Labute approximate surface area is 181 Å². The normalized spacial score (nSPS) is 15.7. The Balaban J connectivity index is 1.66. The van der Waals surface area contributed by atoms with Crippen molar-refractivity contribution >= 4 is 21.8 Å². The smallest absolute Gasteiger partial charge is 0.129 e. The lowest BCUT2D eigenvalue weighted by Gasteiger charge is -2.54. The third-order valence-corrected chi connectivity index (χ3v) is 9.73. The van der Waals surface area contributed by atoms with Gasteiger partial charge in [-0.2, -0.15) is 0 Å². The van der Waals surface area contributed by atoms with Gasteiger partial charge in [0.25, 0.3) is 0 Å². The van der Waals surface area contributed by atoms with Gasteiger partial charge >= 0.3 is 0 Å². The summed E-state index contributed by atoms with van der Waals surface area (Å²) in [4.78, 5) is 9.44. The monoisotopic (exact) mass is 421 g/mol.